The average molecular weight is 527 g/mol. The number of halogens is 1. The molecule has 2 unspecified atom stereocenters. The van der Waals surface area contributed by atoms with E-state index < -0.39 is 21.4 Å². The van der Waals surface area contributed by atoms with Crippen LogP contribution in [-0.2, 0) is 27.7 Å². The van der Waals surface area contributed by atoms with Gasteiger partial charge in [0.1, 0.15) is 4.90 Å². The van der Waals surface area contributed by atoms with E-state index in [9.17, 15) is 18.3 Å². The summed E-state index contributed by atoms with van der Waals surface area (Å²) in [4.78, 5) is 16.0. The Bertz CT molecular complexity index is 1110. The number of aryl methyl sites for hydroxylation is 1. The molecule has 0 spiro atoms. The molecule has 2 aromatic rings. The van der Waals surface area contributed by atoms with E-state index in [4.69, 9.17) is 0 Å². The van der Waals surface area contributed by atoms with Gasteiger partial charge < -0.3 is 5.11 Å². The van der Waals surface area contributed by atoms with E-state index in [-0.39, 0.29) is 17.0 Å². The second-order valence-electron chi connectivity index (χ2n) is 9.12. The zero-order valence-electron chi connectivity index (χ0n) is 19.2. The van der Waals surface area contributed by atoms with E-state index in [1.165, 1.54) is 10.5 Å². The van der Waals surface area contributed by atoms with Crippen LogP contribution in [0.5, 0.6) is 0 Å². The maximum Gasteiger partial charge on any atom is 0.309 e. The second-order valence-corrected chi connectivity index (χ2v) is 12.0. The van der Waals surface area contributed by atoms with Crippen molar-refractivity contribution in [1.29, 1.82) is 0 Å². The third-order valence-electron chi connectivity index (χ3n) is 6.33. The summed E-state index contributed by atoms with van der Waals surface area (Å²) in [7, 11) is -2.15. The van der Waals surface area contributed by atoms with Crippen molar-refractivity contribution in [2.24, 2.45) is 5.41 Å². The van der Waals surface area contributed by atoms with Crippen molar-refractivity contribution in [3.05, 3.63) is 39.9 Å². The molecule has 0 aromatic carbocycles. The molecule has 0 saturated carbocycles. The van der Waals surface area contributed by atoms with Gasteiger partial charge in [0.05, 0.1) is 29.4 Å². The number of sulfonamides is 1. The second kappa shape index (κ2) is 9.23. The molecule has 2 aromatic heterocycles. The van der Waals surface area contributed by atoms with Crippen molar-refractivity contribution in [3.63, 3.8) is 0 Å². The zero-order valence-corrected chi connectivity index (χ0v) is 21.6. The van der Waals surface area contributed by atoms with Crippen molar-refractivity contribution in [2.45, 2.75) is 76.8 Å². The van der Waals surface area contributed by atoms with E-state index in [0.717, 1.165) is 29.8 Å². The fourth-order valence-corrected chi connectivity index (χ4v) is 6.53. The van der Waals surface area contributed by atoms with Gasteiger partial charge in [0.2, 0.25) is 10.0 Å². The number of carboxylic acid groups (broad SMARTS) is 1. The van der Waals surface area contributed by atoms with Gasteiger partial charge in [-0.25, -0.2) is 8.42 Å². The van der Waals surface area contributed by atoms with Crippen molar-refractivity contribution in [2.75, 3.05) is 7.05 Å². The van der Waals surface area contributed by atoms with E-state index in [0.29, 0.717) is 23.7 Å². The van der Waals surface area contributed by atoms with Crippen LogP contribution in [0.4, 0.5) is 0 Å². The Morgan fingerprint density at radius 2 is 2.09 bits per heavy atom. The van der Waals surface area contributed by atoms with E-state index in [1.807, 2.05) is 18.5 Å². The highest BCUT2D eigenvalue weighted by Gasteiger charge is 2.36. The monoisotopic (exact) mass is 526 g/mol. The summed E-state index contributed by atoms with van der Waals surface area (Å²) in [6.07, 6.45) is 6.61. The molecule has 3 rings (SSSR count). The Labute approximate surface area is 198 Å². The van der Waals surface area contributed by atoms with Crippen LogP contribution >= 0.6 is 15.9 Å². The fourth-order valence-electron chi connectivity index (χ4n) is 4.41. The number of aromatic nitrogens is 3. The van der Waals surface area contributed by atoms with Gasteiger partial charge >= 0.3 is 5.97 Å². The standard InChI is InChI=1S/C22H31BrN4O4S/c1-6-18-17(23)10-15(12-24-18)32(30,31)26(5)19-8-7-9-20-16(19)13-25-27(20)14(2)11-22(3,4)21(28)29/h10,12-14,19H,6-9,11H2,1-5H3,(H,28,29). The van der Waals surface area contributed by atoms with Crippen LogP contribution in [0.1, 0.15) is 76.0 Å². The minimum atomic E-state index is -3.75. The minimum absolute atomic E-state index is 0.118. The number of hydrogen-bond acceptors (Lipinski definition) is 5. The van der Waals surface area contributed by atoms with Crippen LogP contribution in [0.15, 0.2) is 27.8 Å². The van der Waals surface area contributed by atoms with Gasteiger partial charge in [0.15, 0.2) is 0 Å². The molecule has 0 aliphatic heterocycles. The number of fused-ring (bicyclic) bond motifs is 1. The maximum absolute atomic E-state index is 13.4. The first-order chi connectivity index (χ1) is 14.9. The Balaban J connectivity index is 1.91. The van der Waals surface area contributed by atoms with E-state index in [2.05, 4.69) is 26.0 Å². The molecular weight excluding hydrogens is 496 g/mol. The van der Waals surface area contributed by atoms with Crippen LogP contribution in [0.2, 0.25) is 0 Å². The van der Waals surface area contributed by atoms with Crippen LogP contribution < -0.4 is 0 Å². The number of carbonyl (C=O) groups is 1. The fraction of sp³-hybridized carbons (Fsp3) is 0.591. The van der Waals surface area contributed by atoms with Crippen molar-refractivity contribution < 1.29 is 18.3 Å². The quantitative estimate of drug-likeness (QED) is 0.547. The van der Waals surface area contributed by atoms with Gasteiger partial charge in [-0.15, -0.1) is 0 Å². The summed E-state index contributed by atoms with van der Waals surface area (Å²) in [6.45, 7) is 7.34. The SMILES string of the molecule is CCc1ncc(S(=O)(=O)N(C)C2CCCc3c2cnn3C(C)CC(C)(C)C(=O)O)cc1Br. The average Bonchev–Trinajstić information content (AvgIpc) is 3.17. The molecule has 2 heterocycles. The molecule has 32 heavy (non-hydrogen) atoms. The highest BCUT2D eigenvalue weighted by molar-refractivity contribution is 9.10. The largest absolute Gasteiger partial charge is 0.481 e. The van der Waals surface area contributed by atoms with Gasteiger partial charge in [-0.3, -0.25) is 14.5 Å². The van der Waals surface area contributed by atoms with E-state index >= 15 is 0 Å². The summed E-state index contributed by atoms with van der Waals surface area (Å²) < 4.78 is 30.7. The number of aliphatic carboxylic acids is 1. The zero-order chi connectivity index (χ0) is 23.8. The highest BCUT2D eigenvalue weighted by atomic mass is 79.9. The Morgan fingerprint density at radius 3 is 2.69 bits per heavy atom. The van der Waals surface area contributed by atoms with E-state index in [1.54, 1.807) is 33.2 Å². The number of pyridine rings is 1. The molecule has 1 aliphatic rings. The summed E-state index contributed by atoms with van der Waals surface area (Å²) in [5, 5.41) is 14.0. The predicted octanol–water partition coefficient (Wildman–Crippen LogP) is 4.36. The molecule has 8 nitrogen and oxygen atoms in total. The highest BCUT2D eigenvalue weighted by Crippen LogP contribution is 2.39. The molecule has 0 bridgehead atoms. The molecule has 0 amide bonds. The predicted molar refractivity (Wildman–Crippen MR) is 125 cm³/mol. The minimum Gasteiger partial charge on any atom is -0.481 e. The van der Waals surface area contributed by atoms with Crippen LogP contribution in [0.3, 0.4) is 0 Å². The summed E-state index contributed by atoms with van der Waals surface area (Å²) in [5.74, 6) is -0.845. The molecular formula is C22H31BrN4O4S. The van der Waals surface area contributed by atoms with Crippen molar-refractivity contribution in [1.82, 2.24) is 19.1 Å². The summed E-state index contributed by atoms with van der Waals surface area (Å²) >= 11 is 3.42. The third kappa shape index (κ3) is 4.63. The molecule has 0 fully saturated rings. The lowest BCUT2D eigenvalue weighted by Gasteiger charge is -2.32. The summed E-state index contributed by atoms with van der Waals surface area (Å²) in [5.41, 5.74) is 1.81. The van der Waals surface area contributed by atoms with Crippen LogP contribution in [-0.4, -0.2) is 45.6 Å². The molecule has 1 aliphatic carbocycles. The van der Waals surface area contributed by atoms with Gasteiger partial charge in [0, 0.05) is 29.0 Å². The molecule has 0 saturated heterocycles. The molecule has 10 heteroatoms. The van der Waals surface area contributed by atoms with Crippen molar-refractivity contribution >= 4 is 31.9 Å². The van der Waals surface area contributed by atoms with Crippen molar-refractivity contribution in [3.8, 4) is 0 Å². The Hall–Kier alpha value is -1.78. The first kappa shape index (κ1) is 24.9. The smallest absolute Gasteiger partial charge is 0.309 e. The maximum atomic E-state index is 13.4. The lowest BCUT2D eigenvalue weighted by atomic mass is 9.86. The number of rotatable bonds is 8. The molecule has 0 radical (unpaired) electrons. The third-order valence-corrected chi connectivity index (χ3v) is 8.84. The van der Waals surface area contributed by atoms with Crippen LogP contribution in [0, 0.1) is 5.41 Å². The molecule has 1 N–H and O–H groups in total. The summed E-state index contributed by atoms with van der Waals surface area (Å²) in [6, 6.07) is 1.16. The van der Waals surface area contributed by atoms with Crippen LogP contribution in [0.25, 0.3) is 0 Å². The molecule has 2 atom stereocenters. The first-order valence-corrected chi connectivity index (χ1v) is 13.1. The number of nitrogens with zero attached hydrogens (tertiary/aromatic N) is 4. The lowest BCUT2D eigenvalue weighted by Crippen LogP contribution is -2.34. The first-order valence-electron chi connectivity index (χ1n) is 10.8. The molecule has 176 valence electrons. The van der Waals surface area contributed by atoms with Gasteiger partial charge in [0.25, 0.3) is 0 Å². The number of hydrogen-bond donors (Lipinski definition) is 1. The number of carboxylic acids is 1. The Morgan fingerprint density at radius 1 is 1.41 bits per heavy atom. The van der Waals surface area contributed by atoms with Gasteiger partial charge in [-0.05, 0) is 74.9 Å². The Kier molecular flexibility index (Phi) is 7.17. The lowest BCUT2D eigenvalue weighted by molar-refractivity contribution is -0.147. The normalized spacial score (nSPS) is 17.9. The van der Waals surface area contributed by atoms with Gasteiger partial charge in [-0.1, -0.05) is 6.92 Å². The van der Waals surface area contributed by atoms with Gasteiger partial charge in [-0.2, -0.15) is 9.40 Å². The topological polar surface area (TPSA) is 105 Å².